The first-order chi connectivity index (χ1) is 10.5. The third kappa shape index (κ3) is 4.27. The minimum Gasteiger partial charge on any atom is -0.351 e. The lowest BCUT2D eigenvalue weighted by atomic mass is 10.2. The zero-order chi connectivity index (χ0) is 16.1. The molecule has 7 heteroatoms. The van der Waals surface area contributed by atoms with E-state index in [1.807, 2.05) is 11.8 Å². The first kappa shape index (κ1) is 16.9. The Bertz CT molecular complexity index is 568. The quantitative estimate of drug-likeness (QED) is 0.843. The molecule has 1 aromatic carbocycles. The lowest BCUT2D eigenvalue weighted by Gasteiger charge is -2.34. The topological polar surface area (TPSA) is 61.4 Å². The highest BCUT2D eigenvalue weighted by Crippen LogP contribution is 2.17. The molecule has 2 rings (SSSR count). The summed E-state index contributed by atoms with van der Waals surface area (Å²) in [5.74, 6) is -0.848. The largest absolute Gasteiger partial charge is 0.351 e. The first-order valence-electron chi connectivity index (χ1n) is 7.22. The van der Waals surface area contributed by atoms with Gasteiger partial charge in [0, 0.05) is 43.1 Å². The number of piperazine rings is 1. The number of hydrogen-bond acceptors (Lipinski definition) is 3. The van der Waals surface area contributed by atoms with Crippen molar-refractivity contribution >= 4 is 27.7 Å². The van der Waals surface area contributed by atoms with Crippen LogP contribution >= 0.6 is 15.9 Å². The average molecular weight is 372 g/mol. The van der Waals surface area contributed by atoms with E-state index in [0.717, 1.165) is 13.1 Å². The van der Waals surface area contributed by atoms with Gasteiger partial charge < -0.3 is 15.5 Å². The van der Waals surface area contributed by atoms with Crippen molar-refractivity contribution in [3.8, 4) is 0 Å². The molecule has 1 unspecified atom stereocenters. The maximum absolute atomic E-state index is 13.2. The van der Waals surface area contributed by atoms with Gasteiger partial charge >= 0.3 is 0 Å². The van der Waals surface area contributed by atoms with Gasteiger partial charge in [-0.2, -0.15) is 0 Å². The Morgan fingerprint density at radius 1 is 1.50 bits per heavy atom. The Hall–Kier alpha value is -1.47. The second-order valence-electron chi connectivity index (χ2n) is 5.27. The number of hydrogen-bond donors (Lipinski definition) is 2. The molecule has 0 aromatic heterocycles. The van der Waals surface area contributed by atoms with Crippen LogP contribution in [0.15, 0.2) is 22.7 Å². The molecule has 1 saturated heterocycles. The lowest BCUT2D eigenvalue weighted by Crippen LogP contribution is -2.52. The minimum absolute atomic E-state index is 0.0209. The van der Waals surface area contributed by atoms with Crippen molar-refractivity contribution in [1.29, 1.82) is 0 Å². The van der Waals surface area contributed by atoms with E-state index < -0.39 is 11.7 Å². The van der Waals surface area contributed by atoms with E-state index in [-0.39, 0.29) is 30.5 Å². The number of amides is 2. The van der Waals surface area contributed by atoms with Crippen molar-refractivity contribution in [1.82, 2.24) is 15.5 Å². The molecule has 120 valence electrons. The molecule has 0 radical (unpaired) electrons. The molecule has 2 N–H and O–H groups in total. The predicted octanol–water partition coefficient (Wildman–Crippen LogP) is 1.53. The molecule has 1 atom stereocenters. The molecular weight excluding hydrogens is 353 g/mol. The summed E-state index contributed by atoms with van der Waals surface area (Å²) in [5.41, 5.74) is 0.225. The van der Waals surface area contributed by atoms with E-state index in [9.17, 15) is 14.0 Å². The van der Waals surface area contributed by atoms with Gasteiger partial charge in [-0.3, -0.25) is 9.59 Å². The van der Waals surface area contributed by atoms with Crippen LogP contribution in [0.4, 0.5) is 4.39 Å². The Kier molecular flexibility index (Phi) is 5.90. The summed E-state index contributed by atoms with van der Waals surface area (Å²) < 4.78 is 13.7. The molecular formula is C15H19BrFN3O2. The minimum atomic E-state index is -0.473. The Balaban J connectivity index is 1.84. The van der Waals surface area contributed by atoms with E-state index in [2.05, 4.69) is 26.6 Å². The number of nitrogens with one attached hydrogen (secondary N) is 2. The van der Waals surface area contributed by atoms with Crippen molar-refractivity contribution in [2.24, 2.45) is 0 Å². The summed E-state index contributed by atoms with van der Waals surface area (Å²) >= 11 is 3.21. The van der Waals surface area contributed by atoms with E-state index in [4.69, 9.17) is 0 Å². The normalized spacial score (nSPS) is 18.1. The van der Waals surface area contributed by atoms with Crippen LogP contribution in [-0.4, -0.2) is 48.9 Å². The van der Waals surface area contributed by atoms with Crippen LogP contribution in [0.2, 0.25) is 0 Å². The highest BCUT2D eigenvalue weighted by molar-refractivity contribution is 9.10. The molecule has 0 saturated carbocycles. The molecule has 1 aliphatic heterocycles. The van der Waals surface area contributed by atoms with Crippen molar-refractivity contribution in [3.05, 3.63) is 34.1 Å². The number of carbonyl (C=O) groups is 2. The maximum atomic E-state index is 13.2. The fourth-order valence-corrected chi connectivity index (χ4v) is 2.83. The average Bonchev–Trinajstić information content (AvgIpc) is 2.49. The second-order valence-corrected chi connectivity index (χ2v) is 6.12. The summed E-state index contributed by atoms with van der Waals surface area (Å²) in [4.78, 5) is 25.9. The molecule has 1 aliphatic rings. The fourth-order valence-electron chi connectivity index (χ4n) is 2.40. The third-order valence-electron chi connectivity index (χ3n) is 3.62. The van der Waals surface area contributed by atoms with E-state index in [1.54, 1.807) is 0 Å². The second kappa shape index (κ2) is 7.69. The Labute approximate surface area is 137 Å². The summed E-state index contributed by atoms with van der Waals surface area (Å²) in [7, 11) is 0. The van der Waals surface area contributed by atoms with Gasteiger partial charge in [-0.15, -0.1) is 0 Å². The summed E-state index contributed by atoms with van der Waals surface area (Å²) in [5, 5.41) is 5.88. The van der Waals surface area contributed by atoms with Crippen LogP contribution in [0.1, 0.15) is 23.7 Å². The van der Waals surface area contributed by atoms with Crippen LogP contribution in [0.5, 0.6) is 0 Å². The first-order valence-corrected chi connectivity index (χ1v) is 8.02. The standard InChI is InChI=1S/C15H19BrFN3O2/c1-10-9-18-6-7-20(10)14(21)4-5-19-15(22)12-8-11(17)2-3-13(12)16/h2-3,8,10,18H,4-7,9H2,1H3,(H,19,22). The molecule has 0 aliphatic carbocycles. The van der Waals surface area contributed by atoms with Gasteiger partial charge in [0.15, 0.2) is 0 Å². The van der Waals surface area contributed by atoms with Gasteiger partial charge in [-0.05, 0) is 41.1 Å². The fraction of sp³-hybridized carbons (Fsp3) is 0.467. The summed E-state index contributed by atoms with van der Waals surface area (Å²) in [6.45, 7) is 4.49. The molecule has 5 nitrogen and oxygen atoms in total. The highest BCUT2D eigenvalue weighted by atomic mass is 79.9. The smallest absolute Gasteiger partial charge is 0.252 e. The van der Waals surface area contributed by atoms with Gasteiger partial charge in [-0.1, -0.05) is 0 Å². The zero-order valence-corrected chi connectivity index (χ0v) is 14.0. The van der Waals surface area contributed by atoms with E-state index in [1.165, 1.54) is 18.2 Å². The van der Waals surface area contributed by atoms with Crippen LogP contribution in [0.3, 0.4) is 0 Å². The summed E-state index contributed by atoms with van der Waals surface area (Å²) in [6, 6.07) is 4.09. The maximum Gasteiger partial charge on any atom is 0.252 e. The van der Waals surface area contributed by atoms with Gasteiger partial charge in [0.25, 0.3) is 5.91 Å². The molecule has 1 aromatic rings. The molecule has 22 heavy (non-hydrogen) atoms. The predicted molar refractivity (Wildman–Crippen MR) is 85.1 cm³/mol. The van der Waals surface area contributed by atoms with Crippen molar-refractivity contribution < 1.29 is 14.0 Å². The van der Waals surface area contributed by atoms with Gasteiger partial charge in [0.05, 0.1) is 5.56 Å². The van der Waals surface area contributed by atoms with E-state index in [0.29, 0.717) is 11.0 Å². The van der Waals surface area contributed by atoms with Crippen LogP contribution in [-0.2, 0) is 4.79 Å². The summed E-state index contributed by atoms with van der Waals surface area (Å²) in [6.07, 6.45) is 0.239. The van der Waals surface area contributed by atoms with Crippen molar-refractivity contribution in [2.75, 3.05) is 26.2 Å². The lowest BCUT2D eigenvalue weighted by molar-refractivity contribution is -0.133. The Morgan fingerprint density at radius 2 is 2.27 bits per heavy atom. The molecule has 0 spiro atoms. The number of nitrogens with zero attached hydrogens (tertiary/aromatic N) is 1. The van der Waals surface area contributed by atoms with Gasteiger partial charge in [0.1, 0.15) is 5.82 Å². The molecule has 1 fully saturated rings. The molecule has 1 heterocycles. The monoisotopic (exact) mass is 371 g/mol. The van der Waals surface area contributed by atoms with Crippen LogP contribution < -0.4 is 10.6 Å². The molecule has 0 bridgehead atoms. The Morgan fingerprint density at radius 3 is 3.00 bits per heavy atom. The van der Waals surface area contributed by atoms with Gasteiger partial charge in [-0.25, -0.2) is 4.39 Å². The zero-order valence-electron chi connectivity index (χ0n) is 12.4. The number of benzene rings is 1. The number of rotatable bonds is 4. The molecule has 2 amide bonds. The van der Waals surface area contributed by atoms with Crippen LogP contribution in [0.25, 0.3) is 0 Å². The number of halogens is 2. The number of carbonyl (C=O) groups excluding carboxylic acids is 2. The highest BCUT2D eigenvalue weighted by Gasteiger charge is 2.22. The van der Waals surface area contributed by atoms with Crippen molar-refractivity contribution in [3.63, 3.8) is 0 Å². The SMILES string of the molecule is CC1CNCCN1C(=O)CCNC(=O)c1cc(F)ccc1Br. The van der Waals surface area contributed by atoms with Crippen LogP contribution in [0, 0.1) is 5.82 Å². The van der Waals surface area contributed by atoms with Crippen molar-refractivity contribution in [2.45, 2.75) is 19.4 Å². The van der Waals surface area contributed by atoms with E-state index >= 15 is 0 Å². The third-order valence-corrected chi connectivity index (χ3v) is 4.31. The van der Waals surface area contributed by atoms with Gasteiger partial charge in [0.2, 0.25) is 5.91 Å².